The van der Waals surface area contributed by atoms with Crippen LogP contribution in [0.2, 0.25) is 0 Å². The van der Waals surface area contributed by atoms with E-state index < -0.39 is 0 Å². The van der Waals surface area contributed by atoms with Crippen LogP contribution < -0.4 is 0 Å². The molecule has 1 aliphatic carbocycles. The van der Waals surface area contributed by atoms with Gasteiger partial charge in [0, 0.05) is 0 Å². The third-order valence-electron chi connectivity index (χ3n) is 2.60. The van der Waals surface area contributed by atoms with Crippen LogP contribution in [0.25, 0.3) is 0 Å². The Morgan fingerprint density at radius 3 is 2.83 bits per heavy atom. The molecule has 2 rings (SSSR count). The molecule has 1 fully saturated rings. The second kappa shape index (κ2) is 2.44. The minimum atomic E-state index is -0.382. The number of hydrogen-bond donors (Lipinski definition) is 0. The SMILES string of the molecule is C[C@H]1CC=C[C@@H]2C(=O)OC(=O)[C@@H]21. The van der Waals surface area contributed by atoms with Gasteiger partial charge in [0.05, 0.1) is 11.8 Å². The molecule has 1 aliphatic heterocycles. The van der Waals surface area contributed by atoms with E-state index in [-0.39, 0.29) is 29.7 Å². The quantitative estimate of drug-likeness (QED) is 0.305. The summed E-state index contributed by atoms with van der Waals surface area (Å²) in [6, 6.07) is 0. The second-order valence-electron chi connectivity index (χ2n) is 3.43. The van der Waals surface area contributed by atoms with Crippen LogP contribution in [0, 0.1) is 17.8 Å². The lowest BCUT2D eigenvalue weighted by atomic mass is 9.78. The first kappa shape index (κ1) is 7.53. The van der Waals surface area contributed by atoms with Gasteiger partial charge in [-0.05, 0) is 12.3 Å². The Balaban J connectivity index is 2.34. The normalized spacial score (nSPS) is 39.6. The molecule has 64 valence electrons. The highest BCUT2D eigenvalue weighted by atomic mass is 16.6. The molecule has 0 aromatic heterocycles. The number of hydrogen-bond acceptors (Lipinski definition) is 3. The van der Waals surface area contributed by atoms with Gasteiger partial charge in [0.1, 0.15) is 0 Å². The molecule has 3 atom stereocenters. The number of esters is 2. The van der Waals surface area contributed by atoms with E-state index in [2.05, 4.69) is 4.74 Å². The van der Waals surface area contributed by atoms with Gasteiger partial charge in [0.2, 0.25) is 0 Å². The van der Waals surface area contributed by atoms with Crippen molar-refractivity contribution in [1.29, 1.82) is 0 Å². The fourth-order valence-electron chi connectivity index (χ4n) is 1.90. The number of rotatable bonds is 0. The van der Waals surface area contributed by atoms with Crippen molar-refractivity contribution in [3.05, 3.63) is 12.2 Å². The van der Waals surface area contributed by atoms with Crippen molar-refractivity contribution in [2.75, 3.05) is 0 Å². The molecule has 3 nitrogen and oxygen atoms in total. The number of cyclic esters (lactones) is 2. The highest BCUT2D eigenvalue weighted by molar-refractivity contribution is 5.97. The first-order valence-corrected chi connectivity index (χ1v) is 4.12. The van der Waals surface area contributed by atoms with Crippen LogP contribution in [0.4, 0.5) is 0 Å². The van der Waals surface area contributed by atoms with Crippen LogP contribution in [0.5, 0.6) is 0 Å². The van der Waals surface area contributed by atoms with Crippen molar-refractivity contribution in [1.82, 2.24) is 0 Å². The van der Waals surface area contributed by atoms with Crippen molar-refractivity contribution in [3.8, 4) is 0 Å². The Labute approximate surface area is 70.4 Å². The maximum atomic E-state index is 11.2. The van der Waals surface area contributed by atoms with E-state index in [1.165, 1.54) is 0 Å². The molecule has 1 heterocycles. The van der Waals surface area contributed by atoms with Gasteiger partial charge >= 0.3 is 11.9 Å². The fourth-order valence-corrected chi connectivity index (χ4v) is 1.90. The summed E-state index contributed by atoms with van der Waals surface area (Å²) in [5, 5.41) is 0. The highest BCUT2D eigenvalue weighted by Crippen LogP contribution is 2.36. The summed E-state index contributed by atoms with van der Waals surface area (Å²) >= 11 is 0. The number of fused-ring (bicyclic) bond motifs is 1. The third kappa shape index (κ3) is 0.891. The number of carbonyl (C=O) groups is 2. The Morgan fingerprint density at radius 1 is 1.42 bits per heavy atom. The first-order valence-electron chi connectivity index (χ1n) is 4.12. The molecular formula is C9H10O3. The standard InChI is InChI=1S/C9H10O3/c1-5-3-2-4-6-7(5)9(11)12-8(6)10/h2,4-7H,3H2,1H3/t5-,6-,7+/m0/s1. The van der Waals surface area contributed by atoms with Gasteiger partial charge in [-0.25, -0.2) is 0 Å². The van der Waals surface area contributed by atoms with Crippen LogP contribution >= 0.6 is 0 Å². The molecule has 0 aromatic rings. The van der Waals surface area contributed by atoms with E-state index in [1.54, 1.807) is 6.08 Å². The summed E-state index contributed by atoms with van der Waals surface area (Å²) in [4.78, 5) is 22.2. The monoisotopic (exact) mass is 166 g/mol. The topological polar surface area (TPSA) is 43.4 Å². The average Bonchev–Trinajstić information content (AvgIpc) is 2.29. The molecule has 0 radical (unpaired) electrons. The zero-order valence-electron chi connectivity index (χ0n) is 6.82. The van der Waals surface area contributed by atoms with Crippen molar-refractivity contribution in [2.45, 2.75) is 13.3 Å². The summed E-state index contributed by atoms with van der Waals surface area (Å²) in [6.45, 7) is 1.97. The molecule has 0 aromatic carbocycles. The number of ether oxygens (including phenoxy) is 1. The maximum absolute atomic E-state index is 11.2. The van der Waals surface area contributed by atoms with E-state index in [0.717, 1.165) is 6.42 Å². The summed E-state index contributed by atoms with van der Waals surface area (Å²) in [7, 11) is 0. The van der Waals surface area contributed by atoms with E-state index in [9.17, 15) is 9.59 Å². The van der Waals surface area contributed by atoms with Gasteiger partial charge in [-0.1, -0.05) is 19.1 Å². The van der Waals surface area contributed by atoms with Crippen molar-refractivity contribution < 1.29 is 14.3 Å². The van der Waals surface area contributed by atoms with Gasteiger partial charge in [0.15, 0.2) is 0 Å². The van der Waals surface area contributed by atoms with Crippen LogP contribution in [0.1, 0.15) is 13.3 Å². The van der Waals surface area contributed by atoms with Gasteiger partial charge in [-0.2, -0.15) is 0 Å². The van der Waals surface area contributed by atoms with Crippen molar-refractivity contribution in [2.24, 2.45) is 17.8 Å². The first-order chi connectivity index (χ1) is 5.70. The van der Waals surface area contributed by atoms with Crippen molar-refractivity contribution >= 4 is 11.9 Å². The lowest BCUT2D eigenvalue weighted by Crippen LogP contribution is -2.25. The minimum absolute atomic E-state index is 0.220. The Kier molecular flexibility index (Phi) is 1.53. The molecular weight excluding hydrogens is 156 g/mol. The number of allylic oxidation sites excluding steroid dienone is 1. The second-order valence-corrected chi connectivity index (χ2v) is 3.43. The molecule has 0 spiro atoms. The van der Waals surface area contributed by atoms with Crippen LogP contribution in [0.15, 0.2) is 12.2 Å². The third-order valence-corrected chi connectivity index (χ3v) is 2.60. The van der Waals surface area contributed by atoms with Crippen LogP contribution in [0.3, 0.4) is 0 Å². The zero-order valence-corrected chi connectivity index (χ0v) is 6.82. The van der Waals surface area contributed by atoms with E-state index >= 15 is 0 Å². The smallest absolute Gasteiger partial charge is 0.321 e. The minimum Gasteiger partial charge on any atom is -0.392 e. The van der Waals surface area contributed by atoms with E-state index in [1.807, 2.05) is 13.0 Å². The molecule has 0 unspecified atom stereocenters. The van der Waals surface area contributed by atoms with E-state index in [0.29, 0.717) is 0 Å². The Bertz CT molecular complexity index is 267. The molecule has 0 bridgehead atoms. The lowest BCUT2D eigenvalue weighted by Gasteiger charge is -2.20. The molecule has 0 saturated carbocycles. The largest absolute Gasteiger partial charge is 0.392 e. The Hall–Kier alpha value is -1.12. The summed E-state index contributed by atoms with van der Waals surface area (Å²) in [5.74, 6) is -1.02. The number of carbonyl (C=O) groups excluding carboxylic acids is 2. The molecule has 3 heteroatoms. The zero-order chi connectivity index (χ0) is 8.72. The highest BCUT2D eigenvalue weighted by Gasteiger charge is 2.46. The molecule has 1 saturated heterocycles. The average molecular weight is 166 g/mol. The fraction of sp³-hybridized carbons (Fsp3) is 0.556. The lowest BCUT2D eigenvalue weighted by molar-refractivity contribution is -0.153. The predicted octanol–water partition coefficient (Wildman–Crippen LogP) is 0.898. The van der Waals surface area contributed by atoms with E-state index in [4.69, 9.17) is 0 Å². The van der Waals surface area contributed by atoms with Gasteiger partial charge in [-0.3, -0.25) is 9.59 Å². The van der Waals surface area contributed by atoms with Gasteiger partial charge < -0.3 is 4.74 Å². The van der Waals surface area contributed by atoms with Gasteiger partial charge in [0.25, 0.3) is 0 Å². The maximum Gasteiger partial charge on any atom is 0.321 e. The molecule has 0 N–H and O–H groups in total. The summed E-state index contributed by atoms with van der Waals surface area (Å²) in [6.07, 6.45) is 4.60. The van der Waals surface area contributed by atoms with Gasteiger partial charge in [-0.15, -0.1) is 0 Å². The summed E-state index contributed by atoms with van der Waals surface area (Å²) < 4.78 is 4.55. The van der Waals surface area contributed by atoms with Crippen LogP contribution in [-0.4, -0.2) is 11.9 Å². The Morgan fingerprint density at radius 2 is 2.17 bits per heavy atom. The van der Waals surface area contributed by atoms with Crippen molar-refractivity contribution in [3.63, 3.8) is 0 Å². The summed E-state index contributed by atoms with van der Waals surface area (Å²) in [5.41, 5.74) is 0. The molecule has 0 amide bonds. The molecule has 12 heavy (non-hydrogen) atoms. The predicted molar refractivity (Wildman–Crippen MR) is 41.0 cm³/mol. The van der Waals surface area contributed by atoms with Crippen LogP contribution in [-0.2, 0) is 14.3 Å². The molecule has 2 aliphatic rings.